The Hall–Kier alpha value is -2.15. The highest BCUT2D eigenvalue weighted by Crippen LogP contribution is 2.08. The Kier molecular flexibility index (Phi) is 7.47. The van der Waals surface area contributed by atoms with E-state index in [1.54, 1.807) is 13.8 Å². The van der Waals surface area contributed by atoms with Crippen molar-refractivity contribution in [3.8, 4) is 0 Å². The van der Waals surface area contributed by atoms with Crippen LogP contribution in [0.1, 0.15) is 33.6 Å². The topological polar surface area (TPSA) is 99.1 Å². The lowest BCUT2D eigenvalue weighted by molar-refractivity contribution is -0.154. The Morgan fingerprint density at radius 1 is 0.957 bits per heavy atom. The number of ether oxygens (including phenoxy) is 3. The van der Waals surface area contributed by atoms with Crippen LogP contribution in [0.2, 0.25) is 0 Å². The van der Waals surface area contributed by atoms with Crippen LogP contribution in [0.25, 0.3) is 0 Å². The molecule has 0 fully saturated rings. The Balaban J connectivity index is 2.82. The second kappa shape index (κ2) is 9.09. The van der Waals surface area contributed by atoms with Gasteiger partial charge in [0.1, 0.15) is 24.4 Å². The molecule has 0 saturated heterocycles. The van der Waals surface area contributed by atoms with E-state index >= 15 is 0 Å². The highest BCUT2D eigenvalue weighted by molar-refractivity contribution is 5.83. The smallest absolute Gasteiger partial charge is 0.330 e. The predicted molar refractivity (Wildman–Crippen MR) is 80.2 cm³/mol. The Bertz CT molecular complexity index is 495. The summed E-state index contributed by atoms with van der Waals surface area (Å²) >= 11 is 0. The molecule has 7 heteroatoms. The van der Waals surface area contributed by atoms with Crippen molar-refractivity contribution in [1.82, 2.24) is 0 Å². The lowest BCUT2D eigenvalue weighted by Crippen LogP contribution is -2.27. The standard InChI is InChI=1S/C16H22O7/c1-10-5-4-6-14(18)23-12(3)13(17)7-8-15(19)22-11(2)9-16(20)21-10/h4,6-8,10-13,17H,5,9H2,1-3H3/b6-4-,8-7-/t10-,11+,12-,13+/m0/s1. The first-order chi connectivity index (χ1) is 10.8. The van der Waals surface area contributed by atoms with E-state index in [2.05, 4.69) is 0 Å². The molecule has 23 heavy (non-hydrogen) atoms. The van der Waals surface area contributed by atoms with Crippen molar-refractivity contribution >= 4 is 17.9 Å². The largest absolute Gasteiger partial charge is 0.462 e. The van der Waals surface area contributed by atoms with Gasteiger partial charge in [0.15, 0.2) is 0 Å². The van der Waals surface area contributed by atoms with Crippen molar-refractivity contribution in [2.75, 3.05) is 0 Å². The molecule has 1 aliphatic rings. The average molecular weight is 326 g/mol. The maximum absolute atomic E-state index is 11.7. The summed E-state index contributed by atoms with van der Waals surface area (Å²) in [6, 6.07) is 0. The zero-order chi connectivity index (χ0) is 17.4. The molecule has 0 unspecified atom stereocenters. The molecule has 0 saturated carbocycles. The van der Waals surface area contributed by atoms with Crippen LogP contribution < -0.4 is 0 Å². The molecule has 0 aromatic rings. The number of aliphatic hydroxyl groups excluding tert-OH is 1. The van der Waals surface area contributed by atoms with Gasteiger partial charge in [-0.1, -0.05) is 6.08 Å². The van der Waals surface area contributed by atoms with Gasteiger partial charge in [-0.05, 0) is 26.8 Å². The summed E-state index contributed by atoms with van der Waals surface area (Å²) in [6.07, 6.45) is 2.16. The quantitative estimate of drug-likeness (QED) is 0.524. The number of aliphatic hydroxyl groups is 1. The van der Waals surface area contributed by atoms with E-state index in [0.717, 1.165) is 6.08 Å². The van der Waals surface area contributed by atoms with Gasteiger partial charge in [-0.25, -0.2) is 9.59 Å². The van der Waals surface area contributed by atoms with Gasteiger partial charge in [-0.3, -0.25) is 4.79 Å². The molecule has 1 aliphatic heterocycles. The number of carbonyl (C=O) groups is 3. The number of hydrogen-bond donors (Lipinski definition) is 1. The highest BCUT2D eigenvalue weighted by atomic mass is 16.6. The Morgan fingerprint density at radius 3 is 2.30 bits per heavy atom. The first-order valence-electron chi connectivity index (χ1n) is 7.41. The summed E-state index contributed by atoms with van der Waals surface area (Å²) in [6.45, 7) is 4.76. The molecule has 0 spiro atoms. The van der Waals surface area contributed by atoms with Crippen LogP contribution in [0.15, 0.2) is 24.3 Å². The minimum Gasteiger partial charge on any atom is -0.462 e. The van der Waals surface area contributed by atoms with E-state index < -0.39 is 42.3 Å². The van der Waals surface area contributed by atoms with Gasteiger partial charge in [0.05, 0.1) is 6.42 Å². The SMILES string of the molecule is C[C@@H]1CC(=O)O[C@@H](C)C/C=C\C(=O)O[C@@H](C)[C@H](O)/C=C\C(=O)O1. The van der Waals surface area contributed by atoms with Crippen LogP contribution in [0.3, 0.4) is 0 Å². The number of hydrogen-bond acceptors (Lipinski definition) is 7. The normalized spacial score (nSPS) is 34.0. The molecular formula is C16H22O7. The van der Waals surface area contributed by atoms with Crippen LogP contribution in [-0.4, -0.2) is 47.4 Å². The molecule has 128 valence electrons. The molecule has 0 radical (unpaired) electrons. The van der Waals surface area contributed by atoms with Crippen LogP contribution in [-0.2, 0) is 28.6 Å². The van der Waals surface area contributed by atoms with Crippen LogP contribution in [0, 0.1) is 0 Å². The van der Waals surface area contributed by atoms with Crippen molar-refractivity contribution in [1.29, 1.82) is 0 Å². The zero-order valence-electron chi connectivity index (χ0n) is 13.4. The van der Waals surface area contributed by atoms with Gasteiger partial charge in [-0.15, -0.1) is 0 Å². The minimum absolute atomic E-state index is 0.0748. The van der Waals surface area contributed by atoms with E-state index in [0.29, 0.717) is 6.42 Å². The maximum Gasteiger partial charge on any atom is 0.330 e. The van der Waals surface area contributed by atoms with E-state index in [1.165, 1.54) is 25.2 Å². The lowest BCUT2D eigenvalue weighted by Gasteiger charge is -2.17. The summed E-state index contributed by atoms with van der Waals surface area (Å²) in [4.78, 5) is 34.8. The van der Waals surface area contributed by atoms with Crippen LogP contribution in [0.5, 0.6) is 0 Å². The fraction of sp³-hybridized carbons (Fsp3) is 0.562. The fourth-order valence-electron chi connectivity index (χ4n) is 1.82. The Morgan fingerprint density at radius 2 is 1.61 bits per heavy atom. The van der Waals surface area contributed by atoms with Crippen LogP contribution in [0.4, 0.5) is 0 Å². The first-order valence-corrected chi connectivity index (χ1v) is 7.41. The van der Waals surface area contributed by atoms with Gasteiger partial charge in [0.2, 0.25) is 0 Å². The minimum atomic E-state index is -1.15. The van der Waals surface area contributed by atoms with Gasteiger partial charge in [0.25, 0.3) is 0 Å². The number of cyclic esters (lactones) is 3. The third kappa shape index (κ3) is 7.60. The Labute approximate surface area is 134 Å². The van der Waals surface area contributed by atoms with Gasteiger partial charge >= 0.3 is 17.9 Å². The molecule has 0 aliphatic carbocycles. The van der Waals surface area contributed by atoms with Crippen molar-refractivity contribution in [2.45, 2.75) is 58.0 Å². The van der Waals surface area contributed by atoms with E-state index in [1.807, 2.05) is 0 Å². The molecule has 0 amide bonds. The van der Waals surface area contributed by atoms with Crippen molar-refractivity contribution in [3.05, 3.63) is 24.3 Å². The van der Waals surface area contributed by atoms with Crippen molar-refractivity contribution in [2.24, 2.45) is 0 Å². The van der Waals surface area contributed by atoms with E-state index in [-0.39, 0.29) is 6.42 Å². The molecule has 1 heterocycles. The molecule has 0 aromatic heterocycles. The van der Waals surface area contributed by atoms with E-state index in [4.69, 9.17) is 14.2 Å². The highest BCUT2D eigenvalue weighted by Gasteiger charge is 2.18. The number of carbonyl (C=O) groups excluding carboxylic acids is 3. The maximum atomic E-state index is 11.7. The fourth-order valence-corrected chi connectivity index (χ4v) is 1.82. The number of rotatable bonds is 0. The van der Waals surface area contributed by atoms with E-state index in [9.17, 15) is 19.5 Å². The van der Waals surface area contributed by atoms with Gasteiger partial charge < -0.3 is 19.3 Å². The second-order valence-electron chi connectivity index (χ2n) is 5.38. The first kappa shape index (κ1) is 18.9. The van der Waals surface area contributed by atoms with Crippen molar-refractivity contribution in [3.63, 3.8) is 0 Å². The van der Waals surface area contributed by atoms with Gasteiger partial charge in [-0.2, -0.15) is 0 Å². The molecule has 1 rings (SSSR count). The van der Waals surface area contributed by atoms with Crippen LogP contribution >= 0.6 is 0 Å². The zero-order valence-corrected chi connectivity index (χ0v) is 13.4. The van der Waals surface area contributed by atoms with Gasteiger partial charge in [0, 0.05) is 18.6 Å². The third-order valence-electron chi connectivity index (χ3n) is 3.04. The molecule has 0 bridgehead atoms. The molecule has 7 nitrogen and oxygen atoms in total. The molecular weight excluding hydrogens is 304 g/mol. The molecule has 4 atom stereocenters. The molecule has 0 aromatic carbocycles. The summed E-state index contributed by atoms with van der Waals surface area (Å²) < 4.78 is 15.1. The average Bonchev–Trinajstić information content (AvgIpc) is 2.42. The monoisotopic (exact) mass is 326 g/mol. The predicted octanol–water partition coefficient (Wildman–Crippen LogP) is 1.05. The number of esters is 3. The second-order valence-corrected chi connectivity index (χ2v) is 5.38. The molecule has 1 N–H and O–H groups in total. The van der Waals surface area contributed by atoms with Crippen molar-refractivity contribution < 1.29 is 33.7 Å². The summed E-state index contributed by atoms with van der Waals surface area (Å²) in [5, 5.41) is 9.80. The third-order valence-corrected chi connectivity index (χ3v) is 3.04. The summed E-state index contributed by atoms with van der Waals surface area (Å²) in [5.41, 5.74) is 0. The summed E-state index contributed by atoms with van der Waals surface area (Å²) in [7, 11) is 0. The summed E-state index contributed by atoms with van der Waals surface area (Å²) in [5.74, 6) is -1.84. The lowest BCUT2D eigenvalue weighted by atomic mass is 10.2.